The Morgan fingerprint density at radius 3 is 1.00 bits per heavy atom. The Labute approximate surface area is 67.0 Å². The van der Waals surface area contributed by atoms with Crippen molar-refractivity contribution >= 4 is 11.0 Å². The predicted molar refractivity (Wildman–Crippen MR) is 11.3 cm³/mol. The molecule has 2 radical (unpaired) electrons. The molecule has 0 N–H and O–H groups in total. The van der Waals surface area contributed by atoms with E-state index in [-0.39, 0.29) is 67.5 Å². The van der Waals surface area contributed by atoms with E-state index in [1.165, 1.54) is 0 Å². The Bertz CT molecular complexity index is 8.00. The minimum atomic E-state index is 0. The Morgan fingerprint density at radius 2 is 1.00 bits per heavy atom. The summed E-state index contributed by atoms with van der Waals surface area (Å²) in [5.41, 5.74) is 0. The van der Waals surface area contributed by atoms with E-state index in [9.17, 15) is 0 Å². The van der Waals surface area contributed by atoms with Gasteiger partial charge in [-0.15, -0.1) is 0 Å². The summed E-state index contributed by atoms with van der Waals surface area (Å²) < 4.78 is 0. The van der Waals surface area contributed by atoms with Gasteiger partial charge in [0.2, 0.25) is 0 Å². The van der Waals surface area contributed by atoms with Crippen molar-refractivity contribution in [1.29, 1.82) is 0 Å². The van der Waals surface area contributed by atoms with E-state index in [2.05, 4.69) is 0 Å². The molecule has 0 aromatic heterocycles. The van der Waals surface area contributed by atoms with E-state index in [0.29, 0.717) is 0 Å². The monoisotopic (exact) mass is 244 g/mol. The van der Waals surface area contributed by atoms with Crippen LogP contribution in [0.25, 0.3) is 0 Å². The zero-order chi connectivity index (χ0) is 0. The van der Waals surface area contributed by atoms with Gasteiger partial charge in [0.15, 0.2) is 0 Å². The number of hydrogen-bond donors (Lipinski definition) is 0. The fourth-order valence-electron chi connectivity index (χ4n) is 0. The first-order valence-electron chi connectivity index (χ1n) is 0. The maximum atomic E-state index is 0. The molecule has 0 fully saturated rings. The topological polar surface area (TPSA) is 0 Å². The van der Waals surface area contributed by atoms with E-state index in [1.807, 2.05) is 0 Å². The quantitative estimate of drug-likeness (QED) is 0.457. The van der Waals surface area contributed by atoms with E-state index in [0.717, 1.165) is 0 Å². The first-order chi connectivity index (χ1) is 0. The smallest absolute Gasteiger partial charge is 0 e. The minimum absolute atomic E-state index is 0. The molecule has 0 spiro atoms. The third-order valence-electron chi connectivity index (χ3n) is 0. The average Bonchev–Trinajstić information content (AvgIpc) is 0. The molecule has 0 heterocycles. The summed E-state index contributed by atoms with van der Waals surface area (Å²) in [4.78, 5) is 0. The van der Waals surface area contributed by atoms with Gasteiger partial charge in [-0.25, -0.2) is 0 Å². The van der Waals surface area contributed by atoms with E-state index in [1.54, 1.807) is 0 Å². The molecule has 0 bridgehead atoms. The Kier molecular flexibility index (Phi) is 188. The molecule has 4 heavy (non-hydrogen) atoms. The molecule has 0 aliphatic rings. The average molecular weight is 244 g/mol. The first kappa shape index (κ1) is 37.6. The fourth-order valence-corrected chi connectivity index (χ4v) is 0. The summed E-state index contributed by atoms with van der Waals surface area (Å²) in [6.07, 6.45) is 0. The minimum Gasteiger partial charge on any atom is -0.0149 e. The summed E-state index contributed by atoms with van der Waals surface area (Å²) >= 11 is 0. The van der Waals surface area contributed by atoms with E-state index < -0.39 is 0 Å². The van der Waals surface area contributed by atoms with Crippen molar-refractivity contribution in [1.82, 2.24) is 0 Å². The van der Waals surface area contributed by atoms with Crippen molar-refractivity contribution in [3.63, 3.8) is 0 Å². The maximum absolute atomic E-state index is 0. The van der Waals surface area contributed by atoms with Gasteiger partial charge in [0.05, 0.1) is 0 Å². The number of rotatable bonds is 0. The largest absolute Gasteiger partial charge is 0.0149 e. The van der Waals surface area contributed by atoms with Crippen LogP contribution in [0.5, 0.6) is 0 Å². The fraction of sp³-hybridized carbons (Fsp3) is 0. The Balaban J connectivity index is 0. The van der Waals surface area contributed by atoms with Gasteiger partial charge in [-0.1, -0.05) is 0 Å². The molecule has 0 aliphatic carbocycles. The molecule has 4 heteroatoms. The SMILES string of the molecule is [Cu].[Fe].[Nb].[SiH4]. The molecule has 0 saturated heterocycles. The summed E-state index contributed by atoms with van der Waals surface area (Å²) in [5, 5.41) is 0. The Hall–Kier alpha value is 2.00. The van der Waals surface area contributed by atoms with Crippen LogP contribution in [0.2, 0.25) is 0 Å². The van der Waals surface area contributed by atoms with Crippen molar-refractivity contribution < 1.29 is 56.5 Å². The van der Waals surface area contributed by atoms with Gasteiger partial charge in [-0.05, 0) is 11.0 Å². The van der Waals surface area contributed by atoms with Crippen LogP contribution in [0.15, 0.2) is 0 Å². The van der Waals surface area contributed by atoms with Gasteiger partial charge >= 0.3 is 0 Å². The summed E-state index contributed by atoms with van der Waals surface area (Å²) in [7, 11) is 0. The van der Waals surface area contributed by atoms with Gasteiger partial charge in [-0.3, -0.25) is 0 Å². The molecule has 0 unspecified atom stereocenters. The molecule has 0 saturated carbocycles. The molecular formula is H4CuFeNbSi. The van der Waals surface area contributed by atoms with Crippen LogP contribution in [-0.4, -0.2) is 11.0 Å². The van der Waals surface area contributed by atoms with Crippen molar-refractivity contribution in [2.24, 2.45) is 0 Å². The van der Waals surface area contributed by atoms with Crippen LogP contribution >= 0.6 is 0 Å². The maximum Gasteiger partial charge on any atom is 0 e. The van der Waals surface area contributed by atoms with Gasteiger partial charge < -0.3 is 0 Å². The van der Waals surface area contributed by atoms with Crippen LogP contribution in [0.3, 0.4) is 0 Å². The van der Waals surface area contributed by atoms with Crippen molar-refractivity contribution in [2.75, 3.05) is 0 Å². The second kappa shape index (κ2) is 20.0. The van der Waals surface area contributed by atoms with Gasteiger partial charge in [0, 0.05) is 56.5 Å². The molecule has 0 aliphatic heterocycles. The first-order valence-corrected chi connectivity index (χ1v) is 0. The zero-order valence-corrected chi connectivity index (χ0v) is 5.35. The van der Waals surface area contributed by atoms with Crippen LogP contribution < -0.4 is 0 Å². The van der Waals surface area contributed by atoms with E-state index >= 15 is 0 Å². The van der Waals surface area contributed by atoms with Crippen molar-refractivity contribution in [3.8, 4) is 0 Å². The van der Waals surface area contributed by atoms with Crippen molar-refractivity contribution in [3.05, 3.63) is 0 Å². The van der Waals surface area contributed by atoms with Crippen LogP contribution in [0, 0.1) is 0 Å². The third kappa shape index (κ3) is 9.00. The predicted octanol–water partition coefficient (Wildman–Crippen LogP) is -1.46. The molecule has 0 aromatic carbocycles. The molecule has 0 aromatic rings. The molecular weight excluding hydrogens is 240 g/mol. The summed E-state index contributed by atoms with van der Waals surface area (Å²) in [6, 6.07) is 0. The molecule has 0 rings (SSSR count). The van der Waals surface area contributed by atoms with E-state index in [4.69, 9.17) is 0 Å². The second-order valence-corrected chi connectivity index (χ2v) is 0. The zero-order valence-electron chi connectivity index (χ0n) is 1.10. The van der Waals surface area contributed by atoms with Gasteiger partial charge in [-0.2, -0.15) is 0 Å². The van der Waals surface area contributed by atoms with Gasteiger partial charge in [0.1, 0.15) is 0 Å². The summed E-state index contributed by atoms with van der Waals surface area (Å²) in [6.45, 7) is 0. The second-order valence-electron chi connectivity index (χ2n) is 0. The van der Waals surface area contributed by atoms with Gasteiger partial charge in [0.25, 0.3) is 0 Å². The normalized spacial score (nSPS) is 0. The molecule has 0 amide bonds. The molecule has 0 nitrogen and oxygen atoms in total. The third-order valence-corrected chi connectivity index (χ3v) is 0. The van der Waals surface area contributed by atoms with Crippen LogP contribution in [0.4, 0.5) is 0 Å². The van der Waals surface area contributed by atoms with Crippen LogP contribution in [-0.2, 0) is 56.5 Å². The molecule has 32 valence electrons. The standard InChI is InChI=1S/Cu.Fe.Nb.H4Si/h;;;1H4. The Morgan fingerprint density at radius 1 is 1.00 bits per heavy atom. The number of hydrogen-bond acceptors (Lipinski definition) is 0. The van der Waals surface area contributed by atoms with Crippen LogP contribution in [0.1, 0.15) is 0 Å². The van der Waals surface area contributed by atoms with Crippen molar-refractivity contribution in [2.45, 2.75) is 0 Å². The molecule has 0 atom stereocenters. The summed E-state index contributed by atoms with van der Waals surface area (Å²) in [5.74, 6) is 0.